The Kier molecular flexibility index (Phi) is 10.9. The van der Waals surface area contributed by atoms with Gasteiger partial charge in [0.1, 0.15) is 0 Å². The summed E-state index contributed by atoms with van der Waals surface area (Å²) in [6.45, 7) is 0. The highest BCUT2D eigenvalue weighted by atomic mass is 32.2. The summed E-state index contributed by atoms with van der Waals surface area (Å²) in [5.41, 5.74) is 0. The molecule has 0 bridgehead atoms. The van der Waals surface area contributed by atoms with Crippen molar-refractivity contribution in [1.82, 2.24) is 6.15 Å². The van der Waals surface area contributed by atoms with Gasteiger partial charge >= 0.3 is 5.97 Å². The Hall–Kier alpha value is -0.730. The van der Waals surface area contributed by atoms with Crippen molar-refractivity contribution in [2.24, 2.45) is 0 Å². The van der Waals surface area contributed by atoms with Gasteiger partial charge in [0.2, 0.25) is 0 Å². The lowest BCUT2D eigenvalue weighted by Gasteiger charge is -1.92. The van der Waals surface area contributed by atoms with E-state index in [0.29, 0.717) is 12.2 Å². The van der Waals surface area contributed by atoms with Crippen molar-refractivity contribution < 1.29 is 9.90 Å². The predicted octanol–water partition coefficient (Wildman–Crippen LogP) is 1.48. The molecule has 5 heteroatoms. The molecule has 0 heterocycles. The molecule has 0 aliphatic rings. The van der Waals surface area contributed by atoms with E-state index in [1.807, 2.05) is 6.07 Å². The van der Waals surface area contributed by atoms with Crippen LogP contribution in [0.4, 0.5) is 0 Å². The topological polar surface area (TPSA) is 97.6 Å². The number of nitriles is 1. The molecular formula is C6H13N2O2S+. The molecule has 0 saturated carbocycles. The summed E-state index contributed by atoms with van der Waals surface area (Å²) in [5.74, 6) is 0.574. The van der Waals surface area contributed by atoms with E-state index in [2.05, 4.69) is 0 Å². The number of carbonyl (C=O) groups is 1. The molecule has 0 fully saturated rings. The third-order valence-corrected chi connectivity index (χ3v) is 1.80. The molecule has 11 heavy (non-hydrogen) atoms. The number of carboxylic acid groups (broad SMARTS) is 1. The Balaban J connectivity index is 0. The number of carboxylic acids is 1. The summed E-state index contributed by atoms with van der Waals surface area (Å²) in [5, 5.41) is 16.3. The zero-order valence-corrected chi connectivity index (χ0v) is 7.36. The first-order valence-electron chi connectivity index (χ1n) is 2.94. The summed E-state index contributed by atoms with van der Waals surface area (Å²) >= 11 is 1.50. The summed E-state index contributed by atoms with van der Waals surface area (Å²) in [4.78, 5) is 9.95. The van der Waals surface area contributed by atoms with Crippen LogP contribution in [-0.2, 0) is 4.79 Å². The quantitative estimate of drug-likeness (QED) is 0.621. The van der Waals surface area contributed by atoms with Crippen LogP contribution in [0, 0.1) is 11.3 Å². The first kappa shape index (κ1) is 12.9. The van der Waals surface area contributed by atoms with E-state index in [9.17, 15) is 4.79 Å². The molecule has 0 aliphatic carbocycles. The van der Waals surface area contributed by atoms with Crippen LogP contribution in [0.5, 0.6) is 0 Å². The highest BCUT2D eigenvalue weighted by Crippen LogP contribution is 2.03. The lowest BCUT2D eigenvalue weighted by atomic mass is 10.5. The standard InChI is InChI=1S/C6H9NO2S.H3N/c7-3-1-4-10-5-2-6(8)9;/h1-2,4-5H2,(H,8,9);1H3/p+1. The number of aliphatic carboxylic acids is 1. The molecule has 0 amide bonds. The Morgan fingerprint density at radius 3 is 2.64 bits per heavy atom. The number of nitrogens with zero attached hydrogens (tertiary/aromatic N) is 1. The number of quaternary nitrogens is 1. The maximum atomic E-state index is 9.95. The van der Waals surface area contributed by atoms with Crippen molar-refractivity contribution in [3.63, 3.8) is 0 Å². The SMILES string of the molecule is N#CCCSCCC(=O)O.[NH4+]. The zero-order chi connectivity index (χ0) is 7.82. The molecule has 4 nitrogen and oxygen atoms in total. The van der Waals surface area contributed by atoms with Crippen LogP contribution >= 0.6 is 11.8 Å². The highest BCUT2D eigenvalue weighted by Gasteiger charge is 1.94. The van der Waals surface area contributed by atoms with E-state index < -0.39 is 5.97 Å². The van der Waals surface area contributed by atoms with E-state index in [4.69, 9.17) is 10.4 Å². The van der Waals surface area contributed by atoms with E-state index in [1.165, 1.54) is 11.8 Å². The normalized spacial score (nSPS) is 7.91. The molecule has 0 spiro atoms. The summed E-state index contributed by atoms with van der Waals surface area (Å²) in [6, 6.07) is 1.99. The lowest BCUT2D eigenvalue weighted by Crippen LogP contribution is -1.96. The molecule has 64 valence electrons. The number of hydrogen-bond acceptors (Lipinski definition) is 3. The number of rotatable bonds is 5. The molecule has 0 radical (unpaired) electrons. The van der Waals surface area contributed by atoms with Crippen molar-refractivity contribution in [2.45, 2.75) is 12.8 Å². The van der Waals surface area contributed by atoms with Gasteiger partial charge in [-0.15, -0.1) is 0 Å². The molecular weight excluding hydrogens is 164 g/mol. The smallest absolute Gasteiger partial charge is 0.304 e. The molecule has 0 aliphatic heterocycles. The molecule has 0 aromatic rings. The molecule has 0 saturated heterocycles. The number of thioether (sulfide) groups is 1. The van der Waals surface area contributed by atoms with Crippen molar-refractivity contribution in [3.05, 3.63) is 0 Å². The Morgan fingerprint density at radius 1 is 1.55 bits per heavy atom. The van der Waals surface area contributed by atoms with Crippen molar-refractivity contribution in [3.8, 4) is 6.07 Å². The third kappa shape index (κ3) is 12.5. The Bertz CT molecular complexity index is 144. The molecule has 0 aromatic carbocycles. The first-order chi connectivity index (χ1) is 4.77. The fourth-order valence-corrected chi connectivity index (χ4v) is 1.14. The second-order valence-electron chi connectivity index (χ2n) is 1.66. The molecule has 5 N–H and O–H groups in total. The zero-order valence-electron chi connectivity index (χ0n) is 6.54. The summed E-state index contributed by atoms with van der Waals surface area (Å²) in [6.07, 6.45) is 0.695. The largest absolute Gasteiger partial charge is 0.481 e. The fourth-order valence-electron chi connectivity index (χ4n) is 0.379. The molecule has 0 unspecified atom stereocenters. The van der Waals surface area contributed by atoms with Crippen molar-refractivity contribution in [1.29, 1.82) is 5.26 Å². The minimum Gasteiger partial charge on any atom is -0.481 e. The van der Waals surface area contributed by atoms with Crippen LogP contribution < -0.4 is 6.15 Å². The van der Waals surface area contributed by atoms with Gasteiger partial charge in [-0.1, -0.05) is 0 Å². The Morgan fingerprint density at radius 2 is 2.18 bits per heavy atom. The van der Waals surface area contributed by atoms with Gasteiger partial charge in [0, 0.05) is 17.9 Å². The van der Waals surface area contributed by atoms with E-state index in [-0.39, 0.29) is 12.6 Å². The van der Waals surface area contributed by atoms with Gasteiger partial charge in [-0.2, -0.15) is 17.0 Å². The van der Waals surface area contributed by atoms with Crippen LogP contribution in [0.2, 0.25) is 0 Å². The fraction of sp³-hybridized carbons (Fsp3) is 0.667. The van der Waals surface area contributed by atoms with Gasteiger partial charge in [-0.05, 0) is 0 Å². The minimum absolute atomic E-state index is 0. The lowest BCUT2D eigenvalue weighted by molar-refractivity contribution is -0.136. The Labute approximate surface area is 70.2 Å². The second-order valence-corrected chi connectivity index (χ2v) is 2.89. The third-order valence-electron chi connectivity index (χ3n) is 0.818. The van der Waals surface area contributed by atoms with E-state index in [0.717, 1.165) is 5.75 Å². The van der Waals surface area contributed by atoms with Crippen molar-refractivity contribution >= 4 is 17.7 Å². The average molecular weight is 177 g/mol. The monoisotopic (exact) mass is 177 g/mol. The van der Waals surface area contributed by atoms with E-state index >= 15 is 0 Å². The van der Waals surface area contributed by atoms with Gasteiger partial charge in [0.05, 0.1) is 12.5 Å². The van der Waals surface area contributed by atoms with Gasteiger partial charge in [-0.25, -0.2) is 0 Å². The van der Waals surface area contributed by atoms with Crippen LogP contribution in [0.3, 0.4) is 0 Å². The van der Waals surface area contributed by atoms with E-state index in [1.54, 1.807) is 0 Å². The van der Waals surface area contributed by atoms with Crippen LogP contribution in [0.1, 0.15) is 12.8 Å². The van der Waals surface area contributed by atoms with Crippen LogP contribution in [0.25, 0.3) is 0 Å². The second kappa shape index (κ2) is 9.27. The van der Waals surface area contributed by atoms with Gasteiger partial charge < -0.3 is 11.3 Å². The maximum Gasteiger partial charge on any atom is 0.304 e. The van der Waals surface area contributed by atoms with Gasteiger partial charge in [-0.3, -0.25) is 4.79 Å². The summed E-state index contributed by atoms with van der Waals surface area (Å²) < 4.78 is 0. The predicted molar refractivity (Wildman–Crippen MR) is 45.8 cm³/mol. The summed E-state index contributed by atoms with van der Waals surface area (Å²) in [7, 11) is 0. The minimum atomic E-state index is -0.774. The molecule has 0 rings (SSSR count). The van der Waals surface area contributed by atoms with Gasteiger partial charge in [0.25, 0.3) is 0 Å². The van der Waals surface area contributed by atoms with Crippen LogP contribution in [-0.4, -0.2) is 22.6 Å². The average Bonchev–Trinajstić information content (AvgIpc) is 1.87. The maximum absolute atomic E-state index is 9.95. The molecule has 0 aromatic heterocycles. The highest BCUT2D eigenvalue weighted by molar-refractivity contribution is 7.99. The van der Waals surface area contributed by atoms with Crippen molar-refractivity contribution in [2.75, 3.05) is 11.5 Å². The number of hydrogen-bond donors (Lipinski definition) is 2. The molecule has 0 atom stereocenters. The first-order valence-corrected chi connectivity index (χ1v) is 4.09. The van der Waals surface area contributed by atoms with Gasteiger partial charge in [0.15, 0.2) is 0 Å². The van der Waals surface area contributed by atoms with Crippen LogP contribution in [0.15, 0.2) is 0 Å².